The van der Waals surface area contributed by atoms with Crippen LogP contribution in [0.1, 0.15) is 25.0 Å². The molecule has 0 aliphatic rings. The third-order valence-electron chi connectivity index (χ3n) is 1.95. The van der Waals surface area contributed by atoms with Gasteiger partial charge in [0.15, 0.2) is 0 Å². The van der Waals surface area contributed by atoms with Crippen LogP contribution in [0.5, 0.6) is 0 Å². The van der Waals surface area contributed by atoms with Crippen molar-refractivity contribution >= 4 is 5.78 Å². The molecule has 0 N–H and O–H groups in total. The van der Waals surface area contributed by atoms with Gasteiger partial charge in [0.1, 0.15) is 5.78 Å². The van der Waals surface area contributed by atoms with Gasteiger partial charge in [0.05, 0.1) is 6.61 Å². The van der Waals surface area contributed by atoms with Crippen LogP contribution in [-0.4, -0.2) is 12.4 Å². The Balaban J connectivity index is 2.54. The smallest absolute Gasteiger partial charge is 0.134 e. The van der Waals surface area contributed by atoms with E-state index in [1.807, 2.05) is 31.2 Å². The number of carbonyl (C=O) groups excluding carboxylic acids is 1. The first-order valence-electron chi connectivity index (χ1n) is 4.87. The van der Waals surface area contributed by atoms with Gasteiger partial charge in [-0.1, -0.05) is 24.3 Å². The Morgan fingerprint density at radius 2 is 1.79 bits per heavy atom. The molecule has 2 heteroatoms. The van der Waals surface area contributed by atoms with Gasteiger partial charge in [-0.05, 0) is 25.0 Å². The molecule has 0 atom stereocenters. The Kier molecular flexibility index (Phi) is 4.33. The number of Topliss-reactive ketones (excluding diaryl/α,β-unsaturated/α-hetero) is 1. The second-order valence-electron chi connectivity index (χ2n) is 3.33. The largest absolute Gasteiger partial charge is 0.377 e. The van der Waals surface area contributed by atoms with Gasteiger partial charge in [0.2, 0.25) is 0 Å². The zero-order valence-corrected chi connectivity index (χ0v) is 8.75. The summed E-state index contributed by atoms with van der Waals surface area (Å²) in [6.07, 6.45) is 0.523. The number of hydrogen-bond acceptors (Lipinski definition) is 2. The molecule has 0 aromatic heterocycles. The van der Waals surface area contributed by atoms with Crippen LogP contribution >= 0.6 is 0 Å². The van der Waals surface area contributed by atoms with E-state index in [-0.39, 0.29) is 5.78 Å². The molecule has 2 nitrogen and oxygen atoms in total. The Morgan fingerprint density at radius 3 is 2.29 bits per heavy atom. The van der Waals surface area contributed by atoms with E-state index >= 15 is 0 Å². The van der Waals surface area contributed by atoms with Crippen LogP contribution in [0, 0.1) is 0 Å². The molecule has 76 valence electrons. The molecule has 0 fully saturated rings. The zero-order chi connectivity index (χ0) is 10.4. The second-order valence-corrected chi connectivity index (χ2v) is 3.33. The van der Waals surface area contributed by atoms with Crippen molar-refractivity contribution in [1.29, 1.82) is 0 Å². The molecule has 0 aliphatic heterocycles. The summed E-state index contributed by atoms with van der Waals surface area (Å²) in [6.45, 7) is 4.96. The first-order valence-corrected chi connectivity index (χ1v) is 4.87. The van der Waals surface area contributed by atoms with Crippen molar-refractivity contribution in [3.8, 4) is 0 Å². The van der Waals surface area contributed by atoms with Crippen molar-refractivity contribution in [3.05, 3.63) is 35.4 Å². The predicted molar refractivity (Wildman–Crippen MR) is 56.2 cm³/mol. The summed E-state index contributed by atoms with van der Waals surface area (Å²) >= 11 is 0. The topological polar surface area (TPSA) is 26.3 Å². The number of ether oxygens (including phenoxy) is 1. The third kappa shape index (κ3) is 3.71. The number of ketones is 1. The monoisotopic (exact) mass is 192 g/mol. The van der Waals surface area contributed by atoms with Crippen molar-refractivity contribution in [2.45, 2.75) is 26.9 Å². The minimum atomic E-state index is 0.197. The molecule has 1 rings (SSSR count). The fourth-order valence-electron chi connectivity index (χ4n) is 1.26. The second kappa shape index (κ2) is 5.55. The molecule has 0 radical (unpaired) electrons. The number of carbonyl (C=O) groups is 1. The highest BCUT2D eigenvalue weighted by Crippen LogP contribution is 2.06. The Hall–Kier alpha value is -1.15. The molecule has 14 heavy (non-hydrogen) atoms. The van der Waals surface area contributed by atoms with E-state index in [2.05, 4.69) is 0 Å². The van der Waals surface area contributed by atoms with Gasteiger partial charge < -0.3 is 4.74 Å². The molecule has 0 unspecified atom stereocenters. The third-order valence-corrected chi connectivity index (χ3v) is 1.95. The van der Waals surface area contributed by atoms with E-state index in [4.69, 9.17) is 4.74 Å². The zero-order valence-electron chi connectivity index (χ0n) is 8.75. The summed E-state index contributed by atoms with van der Waals surface area (Å²) < 4.78 is 5.27. The SMILES string of the molecule is CCOCc1ccc(CC(C)=O)cc1. The molecular weight excluding hydrogens is 176 g/mol. The molecule has 1 aromatic rings. The maximum atomic E-state index is 10.8. The molecule has 0 amide bonds. The van der Waals surface area contributed by atoms with Crippen molar-refractivity contribution < 1.29 is 9.53 Å². The van der Waals surface area contributed by atoms with Crippen molar-refractivity contribution in [2.24, 2.45) is 0 Å². The number of rotatable bonds is 5. The first kappa shape index (κ1) is 10.9. The molecule has 0 heterocycles. The molecule has 0 aliphatic carbocycles. The van der Waals surface area contributed by atoms with E-state index in [1.54, 1.807) is 6.92 Å². The van der Waals surface area contributed by atoms with Gasteiger partial charge in [-0.2, -0.15) is 0 Å². The van der Waals surface area contributed by atoms with Crippen LogP contribution in [0.25, 0.3) is 0 Å². The maximum Gasteiger partial charge on any atom is 0.134 e. The maximum absolute atomic E-state index is 10.8. The molecule has 0 bridgehead atoms. The lowest BCUT2D eigenvalue weighted by molar-refractivity contribution is -0.116. The van der Waals surface area contributed by atoms with E-state index in [0.29, 0.717) is 13.0 Å². The lowest BCUT2D eigenvalue weighted by Crippen LogP contribution is -1.97. The Bertz CT molecular complexity index is 288. The van der Waals surface area contributed by atoms with Gasteiger partial charge in [-0.15, -0.1) is 0 Å². The van der Waals surface area contributed by atoms with Crippen LogP contribution in [0.3, 0.4) is 0 Å². The summed E-state index contributed by atoms with van der Waals surface area (Å²) in [5.74, 6) is 0.197. The van der Waals surface area contributed by atoms with E-state index < -0.39 is 0 Å². The highest BCUT2D eigenvalue weighted by molar-refractivity contribution is 5.78. The summed E-state index contributed by atoms with van der Waals surface area (Å²) in [6, 6.07) is 7.98. The van der Waals surface area contributed by atoms with E-state index in [0.717, 1.165) is 17.7 Å². The van der Waals surface area contributed by atoms with E-state index in [9.17, 15) is 4.79 Å². The lowest BCUT2D eigenvalue weighted by Gasteiger charge is -2.02. The molecule has 1 aromatic carbocycles. The van der Waals surface area contributed by atoms with Crippen molar-refractivity contribution in [3.63, 3.8) is 0 Å². The van der Waals surface area contributed by atoms with Gasteiger partial charge in [-0.25, -0.2) is 0 Å². The van der Waals surface area contributed by atoms with Gasteiger partial charge in [-0.3, -0.25) is 4.79 Å². The highest BCUT2D eigenvalue weighted by atomic mass is 16.5. The van der Waals surface area contributed by atoms with Crippen LogP contribution < -0.4 is 0 Å². The normalized spacial score (nSPS) is 10.1. The first-order chi connectivity index (χ1) is 6.72. The number of hydrogen-bond donors (Lipinski definition) is 0. The van der Waals surface area contributed by atoms with Gasteiger partial charge in [0.25, 0.3) is 0 Å². The predicted octanol–water partition coefficient (Wildman–Crippen LogP) is 2.35. The summed E-state index contributed by atoms with van der Waals surface area (Å²) in [5.41, 5.74) is 2.22. The lowest BCUT2D eigenvalue weighted by atomic mass is 10.1. The van der Waals surface area contributed by atoms with Crippen LogP contribution in [0.2, 0.25) is 0 Å². The minimum Gasteiger partial charge on any atom is -0.377 e. The van der Waals surface area contributed by atoms with Crippen molar-refractivity contribution in [2.75, 3.05) is 6.61 Å². The Morgan fingerprint density at radius 1 is 1.21 bits per heavy atom. The quantitative estimate of drug-likeness (QED) is 0.715. The summed E-state index contributed by atoms with van der Waals surface area (Å²) in [7, 11) is 0. The summed E-state index contributed by atoms with van der Waals surface area (Å²) in [5, 5.41) is 0. The average molecular weight is 192 g/mol. The van der Waals surface area contributed by atoms with Crippen molar-refractivity contribution in [1.82, 2.24) is 0 Å². The number of benzene rings is 1. The van der Waals surface area contributed by atoms with Gasteiger partial charge in [0, 0.05) is 13.0 Å². The molecular formula is C12H16O2. The molecule has 0 saturated heterocycles. The fourth-order valence-corrected chi connectivity index (χ4v) is 1.26. The highest BCUT2D eigenvalue weighted by Gasteiger charge is 1.97. The Labute approximate surface area is 84.9 Å². The standard InChI is InChI=1S/C12H16O2/c1-3-14-9-12-6-4-11(5-7-12)8-10(2)13/h4-7H,3,8-9H2,1-2H3. The minimum absolute atomic E-state index is 0.197. The van der Waals surface area contributed by atoms with Gasteiger partial charge >= 0.3 is 0 Å². The average Bonchev–Trinajstić information content (AvgIpc) is 2.16. The van der Waals surface area contributed by atoms with Crippen LogP contribution in [0.15, 0.2) is 24.3 Å². The fraction of sp³-hybridized carbons (Fsp3) is 0.417. The summed E-state index contributed by atoms with van der Waals surface area (Å²) in [4.78, 5) is 10.8. The molecule has 0 spiro atoms. The van der Waals surface area contributed by atoms with E-state index in [1.165, 1.54) is 0 Å². The van der Waals surface area contributed by atoms with Crippen LogP contribution in [-0.2, 0) is 22.6 Å². The molecule has 0 saturated carbocycles. The van der Waals surface area contributed by atoms with Crippen LogP contribution in [0.4, 0.5) is 0 Å².